The van der Waals surface area contributed by atoms with E-state index in [0.717, 1.165) is 0 Å². The molecule has 0 saturated carbocycles. The van der Waals surface area contributed by atoms with Crippen molar-refractivity contribution in [1.82, 2.24) is 0 Å². The number of allylic oxidation sites excluding steroid dienone is 6. The third kappa shape index (κ3) is 1.91. The molecule has 0 aromatic heterocycles. The highest BCUT2D eigenvalue weighted by Gasteiger charge is 2.08. The summed E-state index contributed by atoms with van der Waals surface area (Å²) in [5.41, 5.74) is 1.24. The van der Waals surface area contributed by atoms with Gasteiger partial charge in [-0.05, 0) is 12.2 Å². The second-order valence-electron chi connectivity index (χ2n) is 2.97. The maximum atomic E-state index is 5.83. The molecule has 0 bridgehead atoms. The molecular weight excluding hydrogens is 119 g/mol. The largest absolute Gasteiger partial charge is 0.0854 e. The minimum Gasteiger partial charge on any atom is -0.0837 e. The molecule has 1 heteroatoms. The summed E-state index contributed by atoms with van der Waals surface area (Å²) < 4.78 is 0. The summed E-state index contributed by atoms with van der Waals surface area (Å²) in [6, 6.07) is 0. The van der Waals surface area contributed by atoms with Gasteiger partial charge in [-0.15, -0.1) is 0 Å². The van der Waals surface area contributed by atoms with E-state index in [1.165, 1.54) is 5.57 Å². The van der Waals surface area contributed by atoms with Crippen LogP contribution in [0.15, 0.2) is 36.0 Å². The van der Waals surface area contributed by atoms with Crippen LogP contribution in [0.3, 0.4) is 0 Å². The fourth-order valence-electron chi connectivity index (χ4n) is 0.829. The van der Waals surface area contributed by atoms with Crippen molar-refractivity contribution < 1.29 is 0 Å². The lowest BCUT2D eigenvalue weighted by Gasteiger charge is -2.12. The van der Waals surface area contributed by atoms with Crippen molar-refractivity contribution in [2.24, 2.45) is 0 Å². The molecule has 1 rings (SSSR count). The first-order chi connectivity index (χ1) is 4.60. The van der Waals surface area contributed by atoms with Crippen LogP contribution in [0.5, 0.6) is 0 Å². The minimum absolute atomic E-state index is 0.270. The summed E-state index contributed by atoms with van der Waals surface area (Å²) in [5.74, 6) is 0. The number of hydrogen-bond acceptors (Lipinski definition) is 0. The summed E-state index contributed by atoms with van der Waals surface area (Å²) in [4.78, 5) is 0. The predicted molar refractivity (Wildman–Crippen MR) is 46.2 cm³/mol. The number of hydrogen-bond donors (Lipinski definition) is 0. The van der Waals surface area contributed by atoms with Crippen molar-refractivity contribution in [2.45, 2.75) is 19.2 Å². The van der Waals surface area contributed by atoms with E-state index >= 15 is 0 Å². The molecule has 50 valence electrons. The Morgan fingerprint density at radius 2 is 2.10 bits per heavy atom. The molecule has 0 aliphatic heterocycles. The standard InChI is InChI=1S/C9H11B/c1-8-4-3-6-9(2,10)7-5-8/h3-7H,1-2H3. The van der Waals surface area contributed by atoms with E-state index in [1.807, 2.05) is 31.2 Å². The van der Waals surface area contributed by atoms with E-state index < -0.39 is 0 Å². The maximum Gasteiger partial charge on any atom is 0.0854 e. The third-order valence-corrected chi connectivity index (χ3v) is 1.52. The molecule has 0 aromatic carbocycles. The van der Waals surface area contributed by atoms with Crippen LogP contribution < -0.4 is 0 Å². The molecular formula is C9H11B. The van der Waals surface area contributed by atoms with Crippen molar-refractivity contribution >= 4 is 7.85 Å². The Morgan fingerprint density at radius 3 is 2.80 bits per heavy atom. The molecule has 0 nitrogen and oxygen atoms in total. The maximum absolute atomic E-state index is 5.83. The van der Waals surface area contributed by atoms with Crippen LogP contribution >= 0.6 is 0 Å². The van der Waals surface area contributed by atoms with Gasteiger partial charge in [0.25, 0.3) is 0 Å². The normalized spacial score (nSPS) is 31.6. The highest BCUT2D eigenvalue weighted by Crippen LogP contribution is 2.26. The third-order valence-electron chi connectivity index (χ3n) is 1.52. The van der Waals surface area contributed by atoms with Crippen molar-refractivity contribution in [2.75, 3.05) is 0 Å². The first-order valence-electron chi connectivity index (χ1n) is 3.44. The fraction of sp³-hybridized carbons (Fsp3) is 0.333. The Balaban J connectivity index is 2.88. The Hall–Kier alpha value is -0.715. The van der Waals surface area contributed by atoms with Crippen LogP contribution in [-0.4, -0.2) is 7.85 Å². The smallest absolute Gasteiger partial charge is 0.0837 e. The van der Waals surface area contributed by atoms with Crippen molar-refractivity contribution in [3.05, 3.63) is 36.0 Å². The Kier molecular flexibility index (Phi) is 1.84. The van der Waals surface area contributed by atoms with Gasteiger partial charge in [-0.3, -0.25) is 0 Å². The lowest BCUT2D eigenvalue weighted by Crippen LogP contribution is -1.97. The highest BCUT2D eigenvalue weighted by molar-refractivity contribution is 6.18. The summed E-state index contributed by atoms with van der Waals surface area (Å²) in [7, 11) is 5.83. The molecule has 0 aromatic rings. The van der Waals surface area contributed by atoms with Gasteiger partial charge in [0.1, 0.15) is 0 Å². The molecule has 0 spiro atoms. The predicted octanol–water partition coefficient (Wildman–Crippen LogP) is 2.41. The minimum atomic E-state index is -0.270. The molecule has 0 amide bonds. The second-order valence-corrected chi connectivity index (χ2v) is 2.97. The van der Waals surface area contributed by atoms with Crippen molar-refractivity contribution in [3.63, 3.8) is 0 Å². The summed E-state index contributed by atoms with van der Waals surface area (Å²) >= 11 is 0. The van der Waals surface area contributed by atoms with Crippen LogP contribution in [0.25, 0.3) is 0 Å². The van der Waals surface area contributed by atoms with Gasteiger partial charge in [0.2, 0.25) is 0 Å². The summed E-state index contributed by atoms with van der Waals surface area (Å²) in [6.45, 7) is 4.04. The molecule has 0 saturated heterocycles. The van der Waals surface area contributed by atoms with E-state index in [9.17, 15) is 0 Å². The fourth-order valence-corrected chi connectivity index (χ4v) is 0.829. The lowest BCUT2D eigenvalue weighted by molar-refractivity contribution is 0.970. The molecule has 1 aliphatic rings. The SMILES string of the molecule is [B]C1(C)C=CC=C(C)C=C1. The van der Waals surface area contributed by atoms with Crippen molar-refractivity contribution in [3.8, 4) is 0 Å². The Labute approximate surface area is 63.7 Å². The highest BCUT2D eigenvalue weighted by atomic mass is 14.1. The van der Waals surface area contributed by atoms with E-state index in [1.54, 1.807) is 0 Å². The molecule has 10 heavy (non-hydrogen) atoms. The van der Waals surface area contributed by atoms with Crippen LogP contribution in [0.1, 0.15) is 13.8 Å². The zero-order valence-electron chi connectivity index (χ0n) is 6.46. The first-order valence-corrected chi connectivity index (χ1v) is 3.44. The lowest BCUT2D eigenvalue weighted by atomic mass is 9.70. The average molecular weight is 130 g/mol. The monoisotopic (exact) mass is 130 g/mol. The van der Waals surface area contributed by atoms with Gasteiger partial charge in [-0.2, -0.15) is 0 Å². The molecule has 1 atom stereocenters. The van der Waals surface area contributed by atoms with Crippen LogP contribution in [0.4, 0.5) is 0 Å². The Morgan fingerprint density at radius 1 is 1.40 bits per heavy atom. The average Bonchev–Trinajstić information content (AvgIpc) is 1.94. The number of rotatable bonds is 0. The topological polar surface area (TPSA) is 0 Å². The van der Waals surface area contributed by atoms with Crippen LogP contribution in [0, 0.1) is 0 Å². The van der Waals surface area contributed by atoms with Gasteiger partial charge in [0.05, 0.1) is 7.85 Å². The zero-order chi connectivity index (χ0) is 7.61. The molecule has 0 fully saturated rings. The molecule has 0 N–H and O–H groups in total. The van der Waals surface area contributed by atoms with E-state index in [-0.39, 0.29) is 5.31 Å². The van der Waals surface area contributed by atoms with Gasteiger partial charge >= 0.3 is 0 Å². The molecule has 2 radical (unpaired) electrons. The van der Waals surface area contributed by atoms with Gasteiger partial charge in [0, 0.05) is 0 Å². The van der Waals surface area contributed by atoms with E-state index in [0.29, 0.717) is 0 Å². The molecule has 1 aliphatic carbocycles. The van der Waals surface area contributed by atoms with E-state index in [2.05, 4.69) is 13.0 Å². The Bertz CT molecular complexity index is 207. The first kappa shape index (κ1) is 7.39. The quantitative estimate of drug-likeness (QED) is 0.441. The van der Waals surface area contributed by atoms with Gasteiger partial charge in [-0.1, -0.05) is 42.9 Å². The van der Waals surface area contributed by atoms with Gasteiger partial charge in [0.15, 0.2) is 0 Å². The van der Waals surface area contributed by atoms with Crippen LogP contribution in [-0.2, 0) is 0 Å². The summed E-state index contributed by atoms with van der Waals surface area (Å²) in [5, 5.41) is -0.270. The van der Waals surface area contributed by atoms with Gasteiger partial charge < -0.3 is 0 Å². The summed E-state index contributed by atoms with van der Waals surface area (Å²) in [6.07, 6.45) is 10.1. The zero-order valence-corrected chi connectivity index (χ0v) is 6.46. The second kappa shape index (κ2) is 2.49. The van der Waals surface area contributed by atoms with Gasteiger partial charge in [-0.25, -0.2) is 0 Å². The molecule has 1 unspecified atom stereocenters. The van der Waals surface area contributed by atoms with Crippen molar-refractivity contribution in [1.29, 1.82) is 0 Å². The van der Waals surface area contributed by atoms with Crippen LogP contribution in [0.2, 0.25) is 5.31 Å². The van der Waals surface area contributed by atoms with E-state index in [4.69, 9.17) is 7.85 Å². The molecule has 0 heterocycles.